The zero-order valence-corrected chi connectivity index (χ0v) is 13.3. The molecule has 0 saturated carbocycles. The van der Waals surface area contributed by atoms with Crippen molar-refractivity contribution in [2.75, 3.05) is 0 Å². The number of hydrogen-bond acceptors (Lipinski definition) is 2. The summed E-state index contributed by atoms with van der Waals surface area (Å²) in [5.74, 6) is -0.111. The first-order chi connectivity index (χ1) is 11.2. The third-order valence-corrected chi connectivity index (χ3v) is 4.50. The molecule has 1 atom stereocenters. The zero-order valence-electron chi connectivity index (χ0n) is 13.3. The van der Waals surface area contributed by atoms with Crippen molar-refractivity contribution < 1.29 is 4.79 Å². The maximum Gasteiger partial charge on any atom is 0.251 e. The second-order valence-corrected chi connectivity index (χ2v) is 6.12. The van der Waals surface area contributed by atoms with Gasteiger partial charge in [-0.15, -0.1) is 0 Å². The Morgan fingerprint density at radius 2 is 1.78 bits per heavy atom. The van der Waals surface area contributed by atoms with Crippen molar-refractivity contribution in [1.29, 1.82) is 5.26 Å². The van der Waals surface area contributed by atoms with Crippen LogP contribution in [0, 0.1) is 11.3 Å². The molecule has 0 spiro atoms. The van der Waals surface area contributed by atoms with E-state index in [1.165, 1.54) is 30.4 Å². The molecule has 3 nitrogen and oxygen atoms in total. The summed E-state index contributed by atoms with van der Waals surface area (Å²) in [5, 5.41) is 11.8. The molecule has 0 unspecified atom stereocenters. The number of aryl methyl sites for hydroxylation is 2. The predicted molar refractivity (Wildman–Crippen MR) is 90.1 cm³/mol. The molecule has 1 aliphatic carbocycles. The third kappa shape index (κ3) is 3.43. The van der Waals surface area contributed by atoms with E-state index < -0.39 is 0 Å². The first-order valence-corrected chi connectivity index (χ1v) is 8.10. The fourth-order valence-corrected chi connectivity index (χ4v) is 3.08. The number of amides is 1. The van der Waals surface area contributed by atoms with E-state index in [0.29, 0.717) is 11.1 Å². The molecule has 2 aromatic rings. The molecule has 3 rings (SSSR count). The van der Waals surface area contributed by atoms with Crippen molar-refractivity contribution in [2.45, 2.75) is 38.6 Å². The topological polar surface area (TPSA) is 52.9 Å². The van der Waals surface area contributed by atoms with Gasteiger partial charge in [0.25, 0.3) is 5.91 Å². The van der Waals surface area contributed by atoms with Gasteiger partial charge >= 0.3 is 0 Å². The molecule has 116 valence electrons. The van der Waals surface area contributed by atoms with Gasteiger partial charge in [0.1, 0.15) is 0 Å². The van der Waals surface area contributed by atoms with Gasteiger partial charge in [0.15, 0.2) is 0 Å². The predicted octanol–water partition coefficient (Wildman–Crippen LogP) is 3.93. The molecule has 2 aromatic carbocycles. The molecular formula is C20H20N2O. The van der Waals surface area contributed by atoms with Crippen LogP contribution in [0.3, 0.4) is 0 Å². The van der Waals surface area contributed by atoms with Crippen molar-refractivity contribution in [3.63, 3.8) is 0 Å². The van der Waals surface area contributed by atoms with Gasteiger partial charge in [0.05, 0.1) is 17.7 Å². The van der Waals surface area contributed by atoms with Crippen LogP contribution in [0.4, 0.5) is 0 Å². The molecule has 0 bridgehead atoms. The summed E-state index contributed by atoms with van der Waals surface area (Å²) in [6.45, 7) is 2.01. The van der Waals surface area contributed by atoms with Crippen LogP contribution in [0.5, 0.6) is 0 Å². The van der Waals surface area contributed by atoms with Gasteiger partial charge in [-0.25, -0.2) is 0 Å². The maximum absolute atomic E-state index is 12.3. The fourth-order valence-electron chi connectivity index (χ4n) is 3.08. The molecule has 0 saturated heterocycles. The summed E-state index contributed by atoms with van der Waals surface area (Å²) in [6.07, 6.45) is 4.83. The average molecular weight is 304 g/mol. The quantitative estimate of drug-likeness (QED) is 0.934. The van der Waals surface area contributed by atoms with Crippen LogP contribution in [0.1, 0.15) is 58.4 Å². The number of nitrogens with one attached hydrogen (secondary N) is 1. The Morgan fingerprint density at radius 1 is 1.09 bits per heavy atom. The van der Waals surface area contributed by atoms with Gasteiger partial charge in [-0.05, 0) is 73.6 Å². The van der Waals surface area contributed by atoms with Gasteiger partial charge in [0.2, 0.25) is 0 Å². The monoisotopic (exact) mass is 304 g/mol. The largest absolute Gasteiger partial charge is 0.346 e. The number of benzene rings is 2. The Morgan fingerprint density at radius 3 is 2.48 bits per heavy atom. The average Bonchev–Trinajstić information content (AvgIpc) is 2.61. The Labute approximate surface area is 137 Å². The number of carbonyl (C=O) groups excluding carboxylic acids is 1. The van der Waals surface area contributed by atoms with Crippen molar-refractivity contribution >= 4 is 5.91 Å². The van der Waals surface area contributed by atoms with E-state index in [1.807, 2.05) is 6.92 Å². The smallest absolute Gasteiger partial charge is 0.251 e. The molecule has 1 N–H and O–H groups in total. The molecule has 0 heterocycles. The molecule has 1 aliphatic rings. The van der Waals surface area contributed by atoms with Crippen LogP contribution in [0.2, 0.25) is 0 Å². The molecule has 0 radical (unpaired) electrons. The van der Waals surface area contributed by atoms with Crippen LogP contribution < -0.4 is 5.32 Å². The lowest BCUT2D eigenvalue weighted by Gasteiger charge is -2.20. The summed E-state index contributed by atoms with van der Waals surface area (Å²) >= 11 is 0. The van der Waals surface area contributed by atoms with Crippen molar-refractivity contribution in [3.8, 4) is 6.07 Å². The molecule has 3 heteroatoms. The second kappa shape index (κ2) is 6.66. The minimum absolute atomic E-state index is 0.0367. The minimum Gasteiger partial charge on any atom is -0.346 e. The lowest BCUT2D eigenvalue weighted by molar-refractivity contribution is 0.0940. The van der Waals surface area contributed by atoms with E-state index in [4.69, 9.17) is 5.26 Å². The number of hydrogen-bond donors (Lipinski definition) is 1. The number of rotatable bonds is 3. The third-order valence-electron chi connectivity index (χ3n) is 4.50. The first-order valence-electron chi connectivity index (χ1n) is 8.10. The molecular weight excluding hydrogens is 284 g/mol. The lowest BCUT2D eigenvalue weighted by atomic mass is 9.89. The molecule has 0 aliphatic heterocycles. The van der Waals surface area contributed by atoms with Crippen LogP contribution in [0.25, 0.3) is 0 Å². The number of nitrogens with zero attached hydrogens (tertiary/aromatic N) is 1. The van der Waals surface area contributed by atoms with E-state index in [0.717, 1.165) is 12.0 Å². The van der Waals surface area contributed by atoms with E-state index in [2.05, 4.69) is 29.6 Å². The summed E-state index contributed by atoms with van der Waals surface area (Å²) < 4.78 is 0. The normalized spacial score (nSPS) is 14.4. The highest BCUT2D eigenvalue weighted by Gasteiger charge is 2.15. The fraction of sp³-hybridized carbons (Fsp3) is 0.300. The molecule has 0 fully saturated rings. The van der Waals surface area contributed by atoms with E-state index in [1.54, 1.807) is 24.3 Å². The van der Waals surface area contributed by atoms with Gasteiger partial charge in [-0.1, -0.05) is 18.2 Å². The van der Waals surface area contributed by atoms with E-state index >= 15 is 0 Å². The molecule has 0 aromatic heterocycles. The van der Waals surface area contributed by atoms with Crippen molar-refractivity contribution in [3.05, 3.63) is 70.3 Å². The lowest BCUT2D eigenvalue weighted by Crippen LogP contribution is -2.26. The first kappa shape index (κ1) is 15.3. The van der Waals surface area contributed by atoms with Gasteiger partial charge in [-0.2, -0.15) is 5.26 Å². The zero-order chi connectivity index (χ0) is 16.2. The second-order valence-electron chi connectivity index (χ2n) is 6.12. The van der Waals surface area contributed by atoms with Crippen LogP contribution in [0.15, 0.2) is 42.5 Å². The van der Waals surface area contributed by atoms with Crippen LogP contribution >= 0.6 is 0 Å². The summed E-state index contributed by atoms with van der Waals surface area (Å²) in [5.41, 5.74) is 5.16. The summed E-state index contributed by atoms with van der Waals surface area (Å²) in [7, 11) is 0. The van der Waals surface area contributed by atoms with Gasteiger partial charge in [0, 0.05) is 5.56 Å². The van der Waals surface area contributed by atoms with Gasteiger partial charge < -0.3 is 5.32 Å². The van der Waals surface area contributed by atoms with Crippen LogP contribution in [-0.2, 0) is 12.8 Å². The van der Waals surface area contributed by atoms with E-state index in [-0.39, 0.29) is 11.9 Å². The summed E-state index contributed by atoms with van der Waals surface area (Å²) in [6, 6.07) is 15.3. The van der Waals surface area contributed by atoms with Crippen LogP contribution in [-0.4, -0.2) is 5.91 Å². The summed E-state index contributed by atoms with van der Waals surface area (Å²) in [4.78, 5) is 12.3. The minimum atomic E-state index is -0.111. The molecule has 1 amide bonds. The highest BCUT2D eigenvalue weighted by molar-refractivity contribution is 5.94. The maximum atomic E-state index is 12.3. The number of nitriles is 1. The Kier molecular flexibility index (Phi) is 4.43. The SMILES string of the molecule is C[C@H](NC(=O)c1ccc(C#N)cc1)c1ccc2c(c1)CCCC2. The highest BCUT2D eigenvalue weighted by Crippen LogP contribution is 2.24. The number of carbonyl (C=O) groups is 1. The Balaban J connectivity index is 1.71. The van der Waals surface area contributed by atoms with E-state index in [9.17, 15) is 4.79 Å². The Hall–Kier alpha value is -2.60. The number of fused-ring (bicyclic) bond motifs is 1. The van der Waals surface area contributed by atoms with Crippen molar-refractivity contribution in [2.24, 2.45) is 0 Å². The Bertz CT molecular complexity index is 756. The molecule has 23 heavy (non-hydrogen) atoms. The van der Waals surface area contributed by atoms with Crippen molar-refractivity contribution in [1.82, 2.24) is 5.32 Å². The highest BCUT2D eigenvalue weighted by atomic mass is 16.1. The van der Waals surface area contributed by atoms with Gasteiger partial charge in [-0.3, -0.25) is 4.79 Å². The standard InChI is InChI=1S/C20H20N2O/c1-14(18-11-10-16-4-2-3-5-19(16)12-18)22-20(23)17-8-6-15(13-21)7-9-17/h6-12,14H,2-5H2,1H3,(H,22,23)/t14-/m0/s1.